The van der Waals surface area contributed by atoms with Gasteiger partial charge >= 0.3 is 5.97 Å². The predicted molar refractivity (Wildman–Crippen MR) is 125 cm³/mol. The van der Waals surface area contributed by atoms with Crippen LogP contribution in [0, 0.1) is 12.7 Å². The third-order valence-corrected chi connectivity index (χ3v) is 5.58. The largest absolute Gasteiger partial charge is 0.493 e. The molecule has 0 spiro atoms. The minimum absolute atomic E-state index is 0.113. The zero-order valence-corrected chi connectivity index (χ0v) is 18.6. The van der Waals surface area contributed by atoms with Crippen molar-refractivity contribution in [2.24, 2.45) is 0 Å². The summed E-state index contributed by atoms with van der Waals surface area (Å²) in [5.41, 5.74) is 3.62. The van der Waals surface area contributed by atoms with E-state index in [1.807, 2.05) is 13.0 Å². The Bertz CT molecular complexity index is 1370. The van der Waals surface area contributed by atoms with Crippen LogP contribution in [0.4, 0.5) is 4.39 Å². The Labute approximate surface area is 190 Å². The molecular formula is C27H23FO5. The number of rotatable bonds is 7. The Kier molecular flexibility index (Phi) is 6.01. The minimum Gasteiger partial charge on any atom is -0.493 e. The van der Waals surface area contributed by atoms with Crippen LogP contribution < -0.4 is 4.74 Å². The number of carbonyl (C=O) groups is 2. The van der Waals surface area contributed by atoms with Crippen molar-refractivity contribution in [3.05, 3.63) is 77.1 Å². The molecule has 168 valence electrons. The van der Waals surface area contributed by atoms with Crippen LogP contribution in [0.3, 0.4) is 0 Å². The van der Waals surface area contributed by atoms with E-state index in [4.69, 9.17) is 9.15 Å². The Balaban J connectivity index is 2.01. The molecule has 1 aromatic heterocycles. The highest BCUT2D eigenvalue weighted by Gasteiger charge is 2.24. The molecule has 0 saturated heterocycles. The van der Waals surface area contributed by atoms with Crippen molar-refractivity contribution in [2.75, 3.05) is 6.61 Å². The van der Waals surface area contributed by atoms with Crippen LogP contribution in [0.1, 0.15) is 46.5 Å². The van der Waals surface area contributed by atoms with Gasteiger partial charge in [-0.1, -0.05) is 19.1 Å². The zero-order valence-electron chi connectivity index (χ0n) is 18.6. The number of benzene rings is 3. The Morgan fingerprint density at radius 1 is 1.00 bits per heavy atom. The van der Waals surface area contributed by atoms with Crippen molar-refractivity contribution in [3.63, 3.8) is 0 Å². The highest BCUT2D eigenvalue weighted by atomic mass is 19.1. The molecule has 4 aromatic rings. The second-order valence-electron chi connectivity index (χ2n) is 7.70. The van der Waals surface area contributed by atoms with E-state index in [1.165, 1.54) is 12.1 Å². The van der Waals surface area contributed by atoms with Gasteiger partial charge in [-0.3, -0.25) is 4.79 Å². The normalized spacial score (nSPS) is 11.0. The molecule has 0 saturated carbocycles. The molecule has 0 fully saturated rings. The van der Waals surface area contributed by atoms with Crippen LogP contribution >= 0.6 is 0 Å². The fourth-order valence-electron chi connectivity index (χ4n) is 3.90. The summed E-state index contributed by atoms with van der Waals surface area (Å²) in [6.45, 7) is 5.75. The van der Waals surface area contributed by atoms with Gasteiger partial charge in [0.15, 0.2) is 5.78 Å². The fourth-order valence-corrected chi connectivity index (χ4v) is 3.90. The van der Waals surface area contributed by atoms with E-state index in [0.717, 1.165) is 0 Å². The average Bonchev–Trinajstić information content (AvgIpc) is 3.17. The Hall–Kier alpha value is -3.93. The van der Waals surface area contributed by atoms with Crippen LogP contribution in [0.25, 0.3) is 33.4 Å². The number of Topliss-reactive ketones (excluding diaryl/α,β-unsaturated/α-hetero) is 1. The zero-order chi connectivity index (χ0) is 23.7. The van der Waals surface area contributed by atoms with Gasteiger partial charge in [0.25, 0.3) is 0 Å². The van der Waals surface area contributed by atoms with Crippen LogP contribution in [0.15, 0.2) is 59.0 Å². The number of aryl methyl sites for hydroxylation is 1. The number of hydrogen-bond donors (Lipinski definition) is 1. The number of carboxylic acids is 1. The number of carbonyl (C=O) groups excluding carboxylic acids is 1. The first-order valence-corrected chi connectivity index (χ1v) is 10.7. The number of furan rings is 1. The molecule has 3 aromatic carbocycles. The summed E-state index contributed by atoms with van der Waals surface area (Å²) >= 11 is 0. The lowest BCUT2D eigenvalue weighted by Gasteiger charge is -2.12. The number of carboxylic acid groups (broad SMARTS) is 1. The van der Waals surface area contributed by atoms with Crippen molar-refractivity contribution in [2.45, 2.75) is 27.2 Å². The van der Waals surface area contributed by atoms with Crippen LogP contribution in [-0.2, 0) is 0 Å². The maximum absolute atomic E-state index is 13.5. The monoisotopic (exact) mass is 446 g/mol. The summed E-state index contributed by atoms with van der Waals surface area (Å²) in [4.78, 5) is 24.6. The molecule has 0 bridgehead atoms. The van der Waals surface area contributed by atoms with E-state index in [2.05, 4.69) is 0 Å². The van der Waals surface area contributed by atoms with Crippen molar-refractivity contribution in [1.82, 2.24) is 0 Å². The van der Waals surface area contributed by atoms with Gasteiger partial charge in [-0.25, -0.2) is 9.18 Å². The van der Waals surface area contributed by atoms with E-state index in [9.17, 15) is 19.1 Å². The first-order valence-electron chi connectivity index (χ1n) is 10.7. The second-order valence-corrected chi connectivity index (χ2v) is 7.70. The minimum atomic E-state index is -1.02. The van der Waals surface area contributed by atoms with Crippen LogP contribution in [0.5, 0.6) is 5.75 Å². The molecule has 0 aliphatic heterocycles. The second kappa shape index (κ2) is 8.90. The molecule has 4 rings (SSSR count). The van der Waals surface area contributed by atoms with Crippen molar-refractivity contribution in [1.29, 1.82) is 0 Å². The Morgan fingerprint density at radius 3 is 2.33 bits per heavy atom. The standard InChI is InChI=1S/C27H23FO5/c1-4-22(29)25-21-13-20(17-7-6-15(3)19(12-17)27(30)31)23(32-5-2)14-24(21)33-26(25)16-8-10-18(28)11-9-16/h6-14H,4-5H2,1-3H3,(H,30,31). The number of hydrogen-bond acceptors (Lipinski definition) is 4. The van der Waals surface area contributed by atoms with E-state index < -0.39 is 5.97 Å². The summed E-state index contributed by atoms with van der Waals surface area (Å²) in [7, 11) is 0. The average molecular weight is 446 g/mol. The van der Waals surface area contributed by atoms with E-state index in [0.29, 0.717) is 56.9 Å². The molecule has 0 aliphatic rings. The van der Waals surface area contributed by atoms with Gasteiger partial charge in [0, 0.05) is 29.0 Å². The lowest BCUT2D eigenvalue weighted by atomic mass is 9.95. The first-order chi connectivity index (χ1) is 15.8. The molecule has 0 unspecified atom stereocenters. The summed E-state index contributed by atoms with van der Waals surface area (Å²) in [6, 6.07) is 14.5. The van der Waals surface area contributed by atoms with E-state index in [-0.39, 0.29) is 23.6 Å². The number of aromatic carboxylic acids is 1. The van der Waals surface area contributed by atoms with Crippen LogP contribution in [-0.4, -0.2) is 23.5 Å². The van der Waals surface area contributed by atoms with E-state index >= 15 is 0 Å². The topological polar surface area (TPSA) is 76.7 Å². The van der Waals surface area contributed by atoms with Gasteiger partial charge in [0.05, 0.1) is 17.7 Å². The highest BCUT2D eigenvalue weighted by molar-refractivity contribution is 6.13. The molecule has 33 heavy (non-hydrogen) atoms. The summed E-state index contributed by atoms with van der Waals surface area (Å²) in [5, 5.41) is 10.2. The third kappa shape index (κ3) is 4.12. The summed E-state index contributed by atoms with van der Waals surface area (Å²) < 4.78 is 25.4. The molecule has 6 heteroatoms. The van der Waals surface area contributed by atoms with Gasteiger partial charge in [0.2, 0.25) is 0 Å². The van der Waals surface area contributed by atoms with E-state index in [1.54, 1.807) is 50.2 Å². The van der Waals surface area contributed by atoms with Gasteiger partial charge in [-0.2, -0.15) is 0 Å². The number of ether oxygens (including phenoxy) is 1. The maximum atomic E-state index is 13.5. The van der Waals surface area contributed by atoms with Crippen molar-refractivity contribution in [3.8, 4) is 28.2 Å². The third-order valence-electron chi connectivity index (χ3n) is 5.58. The highest BCUT2D eigenvalue weighted by Crippen LogP contribution is 2.41. The molecular weight excluding hydrogens is 423 g/mol. The summed E-state index contributed by atoms with van der Waals surface area (Å²) in [6.07, 6.45) is 0.263. The first kappa shape index (κ1) is 22.3. The Morgan fingerprint density at radius 2 is 1.70 bits per heavy atom. The molecule has 5 nitrogen and oxygen atoms in total. The maximum Gasteiger partial charge on any atom is 0.335 e. The lowest BCUT2D eigenvalue weighted by molar-refractivity contribution is 0.0696. The number of ketones is 1. The SMILES string of the molecule is CCOc1cc2oc(-c3ccc(F)cc3)c(C(=O)CC)c2cc1-c1ccc(C)c(C(=O)O)c1. The molecule has 0 aliphatic carbocycles. The predicted octanol–water partition coefficient (Wildman–Crippen LogP) is 6.90. The van der Waals surface area contributed by atoms with Gasteiger partial charge < -0.3 is 14.3 Å². The molecule has 0 amide bonds. The number of fused-ring (bicyclic) bond motifs is 1. The van der Waals surface area contributed by atoms with Gasteiger partial charge in [0.1, 0.15) is 22.9 Å². The van der Waals surface area contributed by atoms with Crippen molar-refractivity contribution >= 4 is 22.7 Å². The van der Waals surface area contributed by atoms with Gasteiger partial charge in [-0.15, -0.1) is 0 Å². The van der Waals surface area contributed by atoms with Crippen LogP contribution in [0.2, 0.25) is 0 Å². The fraction of sp³-hybridized carbons (Fsp3) is 0.185. The number of halogens is 1. The molecule has 0 radical (unpaired) electrons. The molecule has 1 N–H and O–H groups in total. The molecule has 0 atom stereocenters. The molecule has 1 heterocycles. The quantitative estimate of drug-likeness (QED) is 0.312. The van der Waals surface area contributed by atoms with Gasteiger partial charge in [-0.05, 0) is 61.4 Å². The summed E-state index contributed by atoms with van der Waals surface area (Å²) in [5.74, 6) is -0.630. The lowest BCUT2D eigenvalue weighted by Crippen LogP contribution is -2.01. The smallest absolute Gasteiger partial charge is 0.335 e. The van der Waals surface area contributed by atoms with Crippen molar-refractivity contribution < 1.29 is 28.2 Å².